The van der Waals surface area contributed by atoms with Crippen molar-refractivity contribution in [3.63, 3.8) is 0 Å². The Hall–Kier alpha value is -4.09. The number of hydrogen-bond acceptors (Lipinski definition) is 5. The molecule has 0 bridgehead atoms. The number of alkyl halides is 3. The number of aromatic nitrogens is 4. The Balaban J connectivity index is 1.69. The highest BCUT2D eigenvalue weighted by atomic mass is 19.4. The number of carbonyl (C=O) groups is 1. The number of ether oxygens (including phenoxy) is 1. The van der Waals surface area contributed by atoms with E-state index in [1.807, 2.05) is 0 Å². The molecule has 1 N–H and O–H groups in total. The highest BCUT2D eigenvalue weighted by Gasteiger charge is 2.38. The number of nitrogens with one attached hydrogen (secondary N) is 1. The van der Waals surface area contributed by atoms with Crippen LogP contribution in [-0.4, -0.2) is 32.0 Å². The molecule has 0 fully saturated rings. The van der Waals surface area contributed by atoms with Gasteiger partial charge in [0.05, 0.1) is 35.6 Å². The summed E-state index contributed by atoms with van der Waals surface area (Å²) < 4.78 is 74.1. The molecule has 0 aliphatic carbocycles. The zero-order chi connectivity index (χ0) is 23.8. The fraction of sp³-hybridized carbons (Fsp3) is 0.143. The maximum Gasteiger partial charge on any atom is 0.450 e. The predicted octanol–water partition coefficient (Wildman–Crippen LogP) is 4.76. The van der Waals surface area contributed by atoms with Gasteiger partial charge in [-0.2, -0.15) is 13.2 Å². The van der Waals surface area contributed by atoms with Crippen LogP contribution in [0.25, 0.3) is 16.9 Å². The van der Waals surface area contributed by atoms with Gasteiger partial charge in [-0.25, -0.2) is 23.7 Å². The van der Waals surface area contributed by atoms with Gasteiger partial charge in [0.15, 0.2) is 11.6 Å². The summed E-state index contributed by atoms with van der Waals surface area (Å²) in [5, 5.41) is 2.22. The number of fused-ring (bicyclic) bond motifs is 1. The van der Waals surface area contributed by atoms with Gasteiger partial charge in [-0.1, -0.05) is 0 Å². The van der Waals surface area contributed by atoms with Crippen LogP contribution in [0.4, 0.5) is 27.8 Å². The van der Waals surface area contributed by atoms with Crippen LogP contribution in [0.15, 0.2) is 48.8 Å². The van der Waals surface area contributed by atoms with Crippen LogP contribution in [0.5, 0.6) is 5.75 Å². The number of amides is 1. The van der Waals surface area contributed by atoms with Crippen molar-refractivity contribution in [2.45, 2.75) is 13.1 Å². The standard InChI is InChI=1S/C21H14F5N5O2/c1-2-33-12-4-6-16-15(8-12)29-20(21(24,25)26)31(16)18-10-27-17(9-28-18)30-19(32)13-7-11(22)3-5-14(13)23/h3-10H,2H2,1H3,(H,27,30,32). The number of halogens is 5. The number of anilines is 1. The number of rotatable bonds is 5. The first kappa shape index (κ1) is 22.1. The molecule has 2 heterocycles. The summed E-state index contributed by atoms with van der Waals surface area (Å²) in [6.45, 7) is 2.07. The minimum Gasteiger partial charge on any atom is -0.494 e. The van der Waals surface area contributed by atoms with Crippen LogP contribution in [0, 0.1) is 11.6 Å². The van der Waals surface area contributed by atoms with E-state index in [-0.39, 0.29) is 22.7 Å². The van der Waals surface area contributed by atoms with Crippen LogP contribution in [0.3, 0.4) is 0 Å². The second-order valence-corrected chi connectivity index (χ2v) is 6.69. The average molecular weight is 463 g/mol. The van der Waals surface area contributed by atoms with Crippen molar-refractivity contribution in [2.75, 3.05) is 11.9 Å². The third kappa shape index (κ3) is 4.45. The second-order valence-electron chi connectivity index (χ2n) is 6.69. The molecule has 0 atom stereocenters. The van der Waals surface area contributed by atoms with E-state index in [1.54, 1.807) is 6.92 Å². The van der Waals surface area contributed by atoms with Crippen molar-refractivity contribution in [3.8, 4) is 11.6 Å². The Bertz CT molecular complexity index is 1340. The molecular formula is C21H14F5N5O2. The lowest BCUT2D eigenvalue weighted by Gasteiger charge is -2.11. The topological polar surface area (TPSA) is 81.9 Å². The van der Waals surface area contributed by atoms with Gasteiger partial charge in [0, 0.05) is 6.07 Å². The van der Waals surface area contributed by atoms with E-state index in [2.05, 4.69) is 20.3 Å². The molecule has 0 saturated carbocycles. The largest absolute Gasteiger partial charge is 0.494 e. The lowest BCUT2D eigenvalue weighted by atomic mass is 10.2. The molecule has 12 heteroatoms. The number of imidazole rings is 1. The molecule has 33 heavy (non-hydrogen) atoms. The minimum atomic E-state index is -4.80. The summed E-state index contributed by atoms with van der Waals surface area (Å²) in [6, 6.07) is 6.63. The maximum atomic E-state index is 13.8. The first-order chi connectivity index (χ1) is 15.7. The molecule has 2 aromatic carbocycles. The van der Waals surface area contributed by atoms with Crippen molar-refractivity contribution < 1.29 is 31.5 Å². The zero-order valence-electron chi connectivity index (χ0n) is 16.8. The number of hydrogen-bond donors (Lipinski definition) is 1. The second kappa shape index (κ2) is 8.45. The van der Waals surface area contributed by atoms with Crippen LogP contribution in [0.2, 0.25) is 0 Å². The summed E-state index contributed by atoms with van der Waals surface area (Å²) in [7, 11) is 0. The normalized spacial score (nSPS) is 11.6. The van der Waals surface area contributed by atoms with E-state index in [0.717, 1.165) is 29.1 Å². The van der Waals surface area contributed by atoms with Crippen LogP contribution in [0.1, 0.15) is 23.1 Å². The maximum absolute atomic E-state index is 13.8. The van der Waals surface area contributed by atoms with E-state index in [4.69, 9.17) is 4.74 Å². The van der Waals surface area contributed by atoms with Gasteiger partial charge in [-0.05, 0) is 37.3 Å². The molecule has 7 nitrogen and oxygen atoms in total. The van der Waals surface area contributed by atoms with Crippen molar-refractivity contribution in [1.29, 1.82) is 0 Å². The molecule has 4 aromatic rings. The highest BCUT2D eigenvalue weighted by Crippen LogP contribution is 2.34. The van der Waals surface area contributed by atoms with Gasteiger partial charge in [-0.3, -0.25) is 9.36 Å². The molecule has 0 saturated heterocycles. The van der Waals surface area contributed by atoms with E-state index in [1.165, 1.54) is 18.2 Å². The Morgan fingerprint density at radius 3 is 2.55 bits per heavy atom. The van der Waals surface area contributed by atoms with E-state index < -0.39 is 35.1 Å². The van der Waals surface area contributed by atoms with Gasteiger partial charge in [-0.15, -0.1) is 0 Å². The van der Waals surface area contributed by atoms with Crippen LogP contribution in [-0.2, 0) is 6.18 Å². The average Bonchev–Trinajstić information content (AvgIpc) is 3.15. The number of carbonyl (C=O) groups excluding carboxylic acids is 1. The molecule has 1 amide bonds. The van der Waals surface area contributed by atoms with Crippen molar-refractivity contribution >= 4 is 22.8 Å². The molecule has 2 aromatic heterocycles. The summed E-state index contributed by atoms with van der Waals surface area (Å²) in [4.78, 5) is 23.7. The van der Waals surface area contributed by atoms with Crippen molar-refractivity contribution in [3.05, 3.63) is 71.8 Å². The third-order valence-corrected chi connectivity index (χ3v) is 4.47. The Kier molecular flexibility index (Phi) is 5.66. The van der Waals surface area contributed by atoms with Gasteiger partial charge in [0.25, 0.3) is 5.91 Å². The molecule has 0 unspecified atom stereocenters. The van der Waals surface area contributed by atoms with E-state index in [0.29, 0.717) is 18.4 Å². The first-order valence-electron chi connectivity index (χ1n) is 9.48. The predicted molar refractivity (Wildman–Crippen MR) is 107 cm³/mol. The number of benzene rings is 2. The Morgan fingerprint density at radius 2 is 1.88 bits per heavy atom. The highest BCUT2D eigenvalue weighted by molar-refractivity contribution is 6.03. The Morgan fingerprint density at radius 1 is 1.09 bits per heavy atom. The molecule has 0 spiro atoms. The SMILES string of the molecule is CCOc1ccc2c(c1)nc(C(F)(F)F)n2-c1cnc(NC(=O)c2cc(F)ccc2F)cn1. The summed E-state index contributed by atoms with van der Waals surface area (Å²) in [6.07, 6.45) is -2.82. The molecule has 4 rings (SSSR count). The minimum absolute atomic E-state index is 0.0361. The lowest BCUT2D eigenvalue weighted by Crippen LogP contribution is -2.17. The summed E-state index contributed by atoms with van der Waals surface area (Å²) >= 11 is 0. The fourth-order valence-corrected chi connectivity index (χ4v) is 3.09. The summed E-state index contributed by atoms with van der Waals surface area (Å²) in [5.74, 6) is -4.03. The van der Waals surface area contributed by atoms with Crippen molar-refractivity contribution in [1.82, 2.24) is 19.5 Å². The molecule has 0 aliphatic heterocycles. The molecule has 0 aliphatic rings. The lowest BCUT2D eigenvalue weighted by molar-refractivity contribution is -0.145. The molecule has 170 valence electrons. The fourth-order valence-electron chi connectivity index (χ4n) is 3.09. The monoisotopic (exact) mass is 463 g/mol. The molecule has 0 radical (unpaired) electrons. The van der Waals surface area contributed by atoms with Gasteiger partial charge in [0.2, 0.25) is 5.82 Å². The van der Waals surface area contributed by atoms with Crippen LogP contribution >= 0.6 is 0 Å². The zero-order valence-corrected chi connectivity index (χ0v) is 16.8. The third-order valence-electron chi connectivity index (χ3n) is 4.47. The summed E-state index contributed by atoms with van der Waals surface area (Å²) in [5.41, 5.74) is -0.418. The quantitative estimate of drug-likeness (QED) is 0.432. The van der Waals surface area contributed by atoms with Crippen molar-refractivity contribution in [2.24, 2.45) is 0 Å². The van der Waals surface area contributed by atoms with Gasteiger partial charge in [0.1, 0.15) is 17.4 Å². The van der Waals surface area contributed by atoms with E-state index >= 15 is 0 Å². The Labute approximate surface area is 182 Å². The molecular weight excluding hydrogens is 449 g/mol. The van der Waals surface area contributed by atoms with E-state index in [9.17, 15) is 26.7 Å². The first-order valence-corrected chi connectivity index (χ1v) is 9.48. The van der Waals surface area contributed by atoms with Gasteiger partial charge < -0.3 is 10.1 Å². The smallest absolute Gasteiger partial charge is 0.450 e. The number of nitrogens with zero attached hydrogens (tertiary/aromatic N) is 4. The van der Waals surface area contributed by atoms with Gasteiger partial charge >= 0.3 is 6.18 Å². The van der Waals surface area contributed by atoms with Crippen LogP contribution < -0.4 is 10.1 Å².